The number of hydrogen-bond acceptors (Lipinski definition) is 2. The molecule has 29 heavy (non-hydrogen) atoms. The van der Waals surface area contributed by atoms with Crippen molar-refractivity contribution in [3.05, 3.63) is 107 Å². The smallest absolute Gasteiger partial charge is 0.123 e. The van der Waals surface area contributed by atoms with Gasteiger partial charge in [0.05, 0.1) is 5.60 Å². The van der Waals surface area contributed by atoms with E-state index in [1.807, 2.05) is 36.4 Å². The topological polar surface area (TPSA) is 32.3 Å². The Bertz CT molecular complexity index is 912. The highest BCUT2D eigenvalue weighted by Gasteiger charge is 2.48. The zero-order valence-corrected chi connectivity index (χ0v) is 16.8. The van der Waals surface area contributed by atoms with E-state index in [1.54, 1.807) is 12.1 Å². The molecule has 3 aromatic rings. The second-order valence-electron chi connectivity index (χ2n) is 8.05. The van der Waals surface area contributed by atoms with Crippen LogP contribution < -0.4 is 5.32 Å². The highest BCUT2D eigenvalue weighted by Crippen LogP contribution is 2.50. The van der Waals surface area contributed by atoms with Crippen LogP contribution in [-0.2, 0) is 5.60 Å². The zero-order valence-electron chi connectivity index (χ0n) is 16.8. The summed E-state index contributed by atoms with van der Waals surface area (Å²) >= 11 is 0. The van der Waals surface area contributed by atoms with Crippen LogP contribution in [-0.4, -0.2) is 5.11 Å². The van der Waals surface area contributed by atoms with Gasteiger partial charge in [-0.25, -0.2) is 4.39 Å². The summed E-state index contributed by atoms with van der Waals surface area (Å²) in [4.78, 5) is 0. The molecule has 4 atom stereocenters. The highest BCUT2D eigenvalue weighted by atomic mass is 19.1. The number of piperidine rings is 1. The molecular formula is C26H28FNO. The largest absolute Gasteiger partial charge is 0.385 e. The van der Waals surface area contributed by atoms with E-state index in [4.69, 9.17) is 0 Å². The maximum Gasteiger partial charge on any atom is 0.123 e. The van der Waals surface area contributed by atoms with Gasteiger partial charge in [-0.3, -0.25) is 0 Å². The minimum absolute atomic E-state index is 0.00423. The third kappa shape index (κ3) is 3.98. The van der Waals surface area contributed by atoms with Crippen LogP contribution in [0.2, 0.25) is 0 Å². The molecule has 4 rings (SSSR count). The van der Waals surface area contributed by atoms with Gasteiger partial charge >= 0.3 is 0 Å². The van der Waals surface area contributed by atoms with E-state index in [0.717, 1.165) is 24.0 Å². The molecular weight excluding hydrogens is 361 g/mol. The van der Waals surface area contributed by atoms with Gasteiger partial charge in [-0.05, 0) is 35.2 Å². The second kappa shape index (κ2) is 8.48. The van der Waals surface area contributed by atoms with Crippen LogP contribution in [0.15, 0.2) is 84.9 Å². The lowest BCUT2D eigenvalue weighted by molar-refractivity contribution is -0.0850. The molecule has 0 unspecified atom stereocenters. The fourth-order valence-corrected chi connectivity index (χ4v) is 4.81. The number of halogens is 1. The minimum Gasteiger partial charge on any atom is -0.385 e. The van der Waals surface area contributed by atoms with Gasteiger partial charge in [-0.2, -0.15) is 0 Å². The third-order valence-corrected chi connectivity index (χ3v) is 6.22. The van der Waals surface area contributed by atoms with Crippen LogP contribution in [0.4, 0.5) is 4.39 Å². The summed E-state index contributed by atoms with van der Waals surface area (Å²) in [5, 5.41) is 15.9. The average Bonchev–Trinajstić information content (AvgIpc) is 2.77. The lowest BCUT2D eigenvalue weighted by atomic mass is 9.66. The fourth-order valence-electron chi connectivity index (χ4n) is 4.81. The van der Waals surface area contributed by atoms with Crippen LogP contribution in [0.25, 0.3) is 0 Å². The van der Waals surface area contributed by atoms with Crippen molar-refractivity contribution in [1.82, 2.24) is 5.32 Å². The van der Waals surface area contributed by atoms with Crippen LogP contribution >= 0.6 is 0 Å². The van der Waals surface area contributed by atoms with E-state index in [9.17, 15) is 9.50 Å². The van der Waals surface area contributed by atoms with Crippen molar-refractivity contribution in [2.24, 2.45) is 5.92 Å². The molecule has 0 saturated carbocycles. The standard InChI is InChI=1S/C26H28FNO/c1-2-9-23-25(20-12-7-4-8-13-20)28-24(19-10-5-3-6-11-19)18-26(23,29)21-14-16-22(27)17-15-21/h3-8,10-17,23-25,28-29H,2,9,18H2,1H3/t23-,24+,25-,26+/m1/s1. The van der Waals surface area contributed by atoms with Crippen LogP contribution in [0.1, 0.15) is 55.0 Å². The first-order valence-electron chi connectivity index (χ1n) is 10.5. The summed E-state index contributed by atoms with van der Waals surface area (Å²) in [6.45, 7) is 2.15. The lowest BCUT2D eigenvalue weighted by Crippen LogP contribution is -2.51. The molecule has 2 nitrogen and oxygen atoms in total. The molecule has 0 amide bonds. The van der Waals surface area contributed by atoms with Gasteiger partial charge in [-0.1, -0.05) is 86.1 Å². The van der Waals surface area contributed by atoms with Crippen molar-refractivity contribution in [3.63, 3.8) is 0 Å². The Kier molecular flexibility index (Phi) is 5.79. The average molecular weight is 390 g/mol. The van der Waals surface area contributed by atoms with E-state index in [1.165, 1.54) is 17.7 Å². The molecule has 0 bridgehead atoms. The first kappa shape index (κ1) is 19.8. The van der Waals surface area contributed by atoms with Crippen molar-refractivity contribution >= 4 is 0 Å². The molecule has 0 aliphatic carbocycles. The quantitative estimate of drug-likeness (QED) is 0.569. The number of aliphatic hydroxyl groups is 1. The summed E-state index contributed by atoms with van der Waals surface area (Å²) < 4.78 is 13.6. The molecule has 1 heterocycles. The van der Waals surface area contributed by atoms with Gasteiger partial charge < -0.3 is 10.4 Å². The van der Waals surface area contributed by atoms with E-state index in [-0.39, 0.29) is 23.8 Å². The summed E-state index contributed by atoms with van der Waals surface area (Å²) in [6.07, 6.45) is 2.40. The molecule has 2 N–H and O–H groups in total. The Hall–Kier alpha value is -2.49. The van der Waals surface area contributed by atoms with Crippen LogP contribution in [0.3, 0.4) is 0 Å². The molecule has 0 aromatic heterocycles. The van der Waals surface area contributed by atoms with E-state index in [2.05, 4.69) is 36.5 Å². The molecule has 1 fully saturated rings. The Morgan fingerprint density at radius 2 is 1.48 bits per heavy atom. The highest BCUT2D eigenvalue weighted by molar-refractivity contribution is 5.32. The van der Waals surface area contributed by atoms with Crippen molar-refractivity contribution in [2.45, 2.75) is 43.9 Å². The number of nitrogens with one attached hydrogen (secondary N) is 1. The Balaban J connectivity index is 1.82. The Morgan fingerprint density at radius 1 is 0.897 bits per heavy atom. The molecule has 3 heteroatoms. The van der Waals surface area contributed by atoms with Gasteiger partial charge in [-0.15, -0.1) is 0 Å². The number of rotatable bonds is 5. The first-order valence-corrected chi connectivity index (χ1v) is 10.5. The number of hydrogen-bond donors (Lipinski definition) is 2. The molecule has 1 saturated heterocycles. The van der Waals surface area contributed by atoms with Crippen LogP contribution in [0, 0.1) is 11.7 Å². The van der Waals surface area contributed by atoms with Crippen LogP contribution in [0.5, 0.6) is 0 Å². The maximum absolute atomic E-state index is 13.6. The maximum atomic E-state index is 13.6. The molecule has 0 radical (unpaired) electrons. The lowest BCUT2D eigenvalue weighted by Gasteiger charge is -2.49. The van der Waals surface area contributed by atoms with Crippen molar-refractivity contribution in [3.8, 4) is 0 Å². The SMILES string of the molecule is CCC[C@@H]1[C@@H](c2ccccc2)N[C@H](c2ccccc2)C[C@]1(O)c1ccc(F)cc1. The predicted octanol–water partition coefficient (Wildman–Crippen LogP) is 5.91. The van der Waals surface area contributed by atoms with E-state index < -0.39 is 5.60 Å². The summed E-state index contributed by atoms with van der Waals surface area (Å²) in [5.41, 5.74) is 2.08. The van der Waals surface area contributed by atoms with Crippen molar-refractivity contribution in [1.29, 1.82) is 0 Å². The molecule has 0 spiro atoms. The summed E-state index contributed by atoms with van der Waals surface area (Å²) in [7, 11) is 0. The third-order valence-electron chi connectivity index (χ3n) is 6.22. The fraction of sp³-hybridized carbons (Fsp3) is 0.308. The van der Waals surface area contributed by atoms with Crippen molar-refractivity contribution in [2.75, 3.05) is 0 Å². The minimum atomic E-state index is -1.05. The Labute approximate surface area is 172 Å². The van der Waals surface area contributed by atoms with E-state index in [0.29, 0.717) is 6.42 Å². The molecule has 1 aliphatic rings. The molecule has 1 aliphatic heterocycles. The van der Waals surface area contributed by atoms with Crippen molar-refractivity contribution < 1.29 is 9.50 Å². The van der Waals surface area contributed by atoms with Gasteiger partial charge in [0.25, 0.3) is 0 Å². The summed E-state index contributed by atoms with van der Waals surface area (Å²) in [5.74, 6) is -0.294. The Morgan fingerprint density at radius 3 is 2.07 bits per heavy atom. The van der Waals surface area contributed by atoms with Gasteiger partial charge in [0.2, 0.25) is 0 Å². The van der Waals surface area contributed by atoms with Gasteiger partial charge in [0, 0.05) is 24.4 Å². The first-order chi connectivity index (χ1) is 14.1. The zero-order chi connectivity index (χ0) is 20.3. The summed E-state index contributed by atoms with van der Waals surface area (Å²) in [6, 6.07) is 27.0. The number of benzene rings is 3. The second-order valence-corrected chi connectivity index (χ2v) is 8.05. The predicted molar refractivity (Wildman–Crippen MR) is 115 cm³/mol. The van der Waals surface area contributed by atoms with Gasteiger partial charge in [0.15, 0.2) is 0 Å². The molecule has 3 aromatic carbocycles. The molecule has 150 valence electrons. The monoisotopic (exact) mass is 389 g/mol. The normalized spacial score (nSPS) is 26.9. The van der Waals surface area contributed by atoms with Gasteiger partial charge in [0.1, 0.15) is 5.82 Å². The van der Waals surface area contributed by atoms with E-state index >= 15 is 0 Å².